The lowest BCUT2D eigenvalue weighted by Crippen LogP contribution is -2.59. The Morgan fingerprint density at radius 2 is 1.80 bits per heavy atom. The van der Waals surface area contributed by atoms with Crippen molar-refractivity contribution in [3.05, 3.63) is 54.1 Å². The molecule has 9 heteroatoms. The molecule has 0 radical (unpaired) electrons. The van der Waals surface area contributed by atoms with Crippen molar-refractivity contribution < 1.29 is 27.9 Å². The monoisotopic (exact) mass is 420 g/mol. The van der Waals surface area contributed by atoms with E-state index in [4.69, 9.17) is 0 Å². The number of halogens is 3. The lowest BCUT2D eigenvalue weighted by Gasteiger charge is -2.43. The van der Waals surface area contributed by atoms with Crippen LogP contribution < -0.4 is 15.3 Å². The molecular weight excluding hydrogens is 399 g/mol. The van der Waals surface area contributed by atoms with Crippen LogP contribution in [0.2, 0.25) is 0 Å². The van der Waals surface area contributed by atoms with Gasteiger partial charge in [0.15, 0.2) is 0 Å². The van der Waals surface area contributed by atoms with E-state index >= 15 is 0 Å². The standard InChI is InChI=1S/C21H22F3N3O3/c1-25-19(28)12-18-13-26(9-10-27(18)20(29)30)17-7-5-14(6-8-17)15-3-2-4-16(11-15)21(22,23)24/h2-8,11,18H,9-10,12-13H2,1H3,(H,25,28)(H,29,30)/p-1. The van der Waals surface area contributed by atoms with Crippen LogP contribution in [0.4, 0.5) is 23.7 Å². The second-order valence-corrected chi connectivity index (χ2v) is 7.06. The Morgan fingerprint density at radius 1 is 1.10 bits per heavy atom. The number of carbonyl (C=O) groups is 2. The van der Waals surface area contributed by atoms with Crippen LogP contribution in [0.15, 0.2) is 48.5 Å². The maximum absolute atomic E-state index is 12.9. The van der Waals surface area contributed by atoms with E-state index in [1.807, 2.05) is 4.90 Å². The molecule has 1 N–H and O–H groups in total. The van der Waals surface area contributed by atoms with E-state index in [9.17, 15) is 27.9 Å². The topological polar surface area (TPSA) is 75.7 Å². The summed E-state index contributed by atoms with van der Waals surface area (Å²) in [5, 5.41) is 13.9. The zero-order valence-corrected chi connectivity index (χ0v) is 16.3. The van der Waals surface area contributed by atoms with Gasteiger partial charge in [0.05, 0.1) is 11.6 Å². The highest BCUT2D eigenvalue weighted by Crippen LogP contribution is 2.33. The fourth-order valence-electron chi connectivity index (χ4n) is 3.56. The van der Waals surface area contributed by atoms with Crippen LogP contribution in [0.25, 0.3) is 11.1 Å². The van der Waals surface area contributed by atoms with Gasteiger partial charge >= 0.3 is 6.18 Å². The Balaban J connectivity index is 1.77. The summed E-state index contributed by atoms with van der Waals surface area (Å²) >= 11 is 0. The number of nitrogens with one attached hydrogen (secondary N) is 1. The van der Waals surface area contributed by atoms with E-state index in [-0.39, 0.29) is 18.9 Å². The van der Waals surface area contributed by atoms with Gasteiger partial charge in [-0.05, 0) is 35.4 Å². The lowest BCUT2D eigenvalue weighted by atomic mass is 10.0. The van der Waals surface area contributed by atoms with Crippen molar-refractivity contribution >= 4 is 17.7 Å². The molecular formula is C21H21F3N3O3-. The van der Waals surface area contributed by atoms with Gasteiger partial charge < -0.3 is 25.0 Å². The van der Waals surface area contributed by atoms with Gasteiger partial charge in [0.1, 0.15) is 6.09 Å². The summed E-state index contributed by atoms with van der Waals surface area (Å²) in [5.74, 6) is -0.270. The SMILES string of the molecule is CNC(=O)CC1CN(c2ccc(-c3cccc(C(F)(F)F)c3)cc2)CCN1C(=O)[O-]. The van der Waals surface area contributed by atoms with Crippen LogP contribution >= 0.6 is 0 Å². The number of rotatable bonds is 4. The fourth-order valence-corrected chi connectivity index (χ4v) is 3.56. The highest BCUT2D eigenvalue weighted by molar-refractivity contribution is 5.77. The largest absolute Gasteiger partial charge is 0.530 e. The smallest absolute Gasteiger partial charge is 0.416 e. The van der Waals surface area contributed by atoms with Gasteiger partial charge in [0.25, 0.3) is 0 Å². The van der Waals surface area contributed by atoms with Crippen LogP contribution in [0, 0.1) is 0 Å². The molecule has 1 aliphatic heterocycles. The van der Waals surface area contributed by atoms with Gasteiger partial charge in [-0.2, -0.15) is 13.2 Å². The molecule has 2 aromatic carbocycles. The molecule has 1 unspecified atom stereocenters. The Hall–Kier alpha value is -3.23. The maximum atomic E-state index is 12.9. The van der Waals surface area contributed by atoms with Gasteiger partial charge in [0, 0.05) is 38.8 Å². The van der Waals surface area contributed by atoms with Crippen molar-refractivity contribution in [2.45, 2.75) is 18.6 Å². The first kappa shape index (κ1) is 21.5. The molecule has 0 saturated carbocycles. The summed E-state index contributed by atoms with van der Waals surface area (Å²) < 4.78 is 38.8. The van der Waals surface area contributed by atoms with Crippen LogP contribution in [-0.4, -0.2) is 49.6 Å². The molecule has 1 aliphatic rings. The molecule has 30 heavy (non-hydrogen) atoms. The lowest BCUT2D eigenvalue weighted by molar-refractivity contribution is -0.268. The first-order valence-electron chi connectivity index (χ1n) is 9.40. The number of benzene rings is 2. The summed E-state index contributed by atoms with van der Waals surface area (Å²) in [6.45, 7) is 0.921. The molecule has 6 nitrogen and oxygen atoms in total. The van der Waals surface area contributed by atoms with E-state index in [1.54, 1.807) is 30.3 Å². The van der Waals surface area contributed by atoms with Gasteiger partial charge in [-0.15, -0.1) is 0 Å². The predicted octanol–water partition coefficient (Wildman–Crippen LogP) is 2.34. The molecule has 0 aliphatic carbocycles. The van der Waals surface area contributed by atoms with Gasteiger partial charge in [-0.25, -0.2) is 0 Å². The van der Waals surface area contributed by atoms with Crippen molar-refractivity contribution in [1.29, 1.82) is 0 Å². The Kier molecular flexibility index (Phi) is 6.19. The number of alkyl halides is 3. The molecule has 1 heterocycles. The molecule has 3 rings (SSSR count). The number of anilines is 1. The number of hydrogen-bond acceptors (Lipinski definition) is 4. The minimum atomic E-state index is -4.41. The highest BCUT2D eigenvalue weighted by atomic mass is 19.4. The average Bonchev–Trinajstić information content (AvgIpc) is 2.73. The first-order chi connectivity index (χ1) is 14.2. The number of carbonyl (C=O) groups excluding carboxylic acids is 2. The van der Waals surface area contributed by atoms with Crippen molar-refractivity contribution in [3.63, 3.8) is 0 Å². The first-order valence-corrected chi connectivity index (χ1v) is 9.40. The number of piperazine rings is 1. The van der Waals surface area contributed by atoms with Crippen molar-refractivity contribution in [1.82, 2.24) is 10.2 Å². The molecule has 2 amide bonds. The second-order valence-electron chi connectivity index (χ2n) is 7.06. The summed E-state index contributed by atoms with van der Waals surface area (Å²) in [6, 6.07) is 11.6. The maximum Gasteiger partial charge on any atom is 0.416 e. The van der Waals surface area contributed by atoms with Gasteiger partial charge in [0.2, 0.25) is 5.91 Å². The fraction of sp³-hybridized carbons (Fsp3) is 0.333. The van der Waals surface area contributed by atoms with E-state index in [0.29, 0.717) is 24.2 Å². The second kappa shape index (κ2) is 8.64. The minimum Gasteiger partial charge on any atom is -0.530 e. The average molecular weight is 420 g/mol. The van der Waals surface area contributed by atoms with Crippen LogP contribution in [0.3, 0.4) is 0 Å². The number of hydrogen-bond donors (Lipinski definition) is 1. The van der Waals surface area contributed by atoms with E-state index in [1.165, 1.54) is 13.1 Å². The molecule has 1 fully saturated rings. The number of carboxylic acid groups (broad SMARTS) is 1. The molecule has 0 spiro atoms. The Morgan fingerprint density at radius 3 is 2.40 bits per heavy atom. The Bertz CT molecular complexity index is 916. The van der Waals surface area contributed by atoms with Crippen LogP contribution in [-0.2, 0) is 11.0 Å². The highest BCUT2D eigenvalue weighted by Gasteiger charge is 2.31. The minimum absolute atomic E-state index is 0.0172. The molecule has 0 aromatic heterocycles. The van der Waals surface area contributed by atoms with Crippen molar-refractivity contribution in [3.8, 4) is 11.1 Å². The summed E-state index contributed by atoms with van der Waals surface area (Å²) in [7, 11) is 1.48. The van der Waals surface area contributed by atoms with E-state index < -0.39 is 23.9 Å². The molecule has 2 aromatic rings. The van der Waals surface area contributed by atoms with Gasteiger partial charge in [-0.3, -0.25) is 4.79 Å². The quantitative estimate of drug-likeness (QED) is 0.824. The predicted molar refractivity (Wildman–Crippen MR) is 104 cm³/mol. The van der Waals surface area contributed by atoms with Crippen LogP contribution in [0.1, 0.15) is 12.0 Å². The van der Waals surface area contributed by atoms with Crippen molar-refractivity contribution in [2.24, 2.45) is 0 Å². The van der Waals surface area contributed by atoms with E-state index in [0.717, 1.165) is 22.7 Å². The number of amides is 2. The third kappa shape index (κ3) is 4.84. The molecule has 160 valence electrons. The molecule has 1 saturated heterocycles. The molecule has 1 atom stereocenters. The molecule has 0 bridgehead atoms. The summed E-state index contributed by atoms with van der Waals surface area (Å²) in [5.41, 5.74) is 1.18. The number of nitrogens with zero attached hydrogens (tertiary/aromatic N) is 2. The van der Waals surface area contributed by atoms with Crippen molar-refractivity contribution in [2.75, 3.05) is 31.6 Å². The summed E-state index contributed by atoms with van der Waals surface area (Å²) in [4.78, 5) is 26.2. The zero-order chi connectivity index (χ0) is 21.9. The van der Waals surface area contributed by atoms with E-state index in [2.05, 4.69) is 5.32 Å². The van der Waals surface area contributed by atoms with Gasteiger partial charge in [-0.1, -0.05) is 24.3 Å². The third-order valence-corrected chi connectivity index (χ3v) is 5.17. The van der Waals surface area contributed by atoms with Crippen LogP contribution in [0.5, 0.6) is 0 Å². The Labute approximate surface area is 171 Å². The third-order valence-electron chi connectivity index (χ3n) is 5.17. The zero-order valence-electron chi connectivity index (χ0n) is 16.3. The summed E-state index contributed by atoms with van der Waals surface area (Å²) in [6.07, 6.45) is -5.71. The normalized spacial score (nSPS) is 17.0.